The highest BCUT2D eigenvalue weighted by Crippen LogP contribution is 2.39. The van der Waals surface area contributed by atoms with Crippen molar-refractivity contribution in [2.24, 2.45) is 7.05 Å². The maximum absolute atomic E-state index is 15.4. The average molecular weight is 494 g/mol. The summed E-state index contributed by atoms with van der Waals surface area (Å²) >= 11 is 0. The molecule has 8 nitrogen and oxygen atoms in total. The Balaban J connectivity index is 1.55. The van der Waals surface area contributed by atoms with Crippen LogP contribution in [0.25, 0.3) is 33.1 Å². The number of benzene rings is 1. The zero-order chi connectivity index (χ0) is 25.4. The molecule has 9 heteroatoms. The van der Waals surface area contributed by atoms with Crippen molar-refractivity contribution in [2.45, 2.75) is 31.6 Å². The summed E-state index contributed by atoms with van der Waals surface area (Å²) in [5.74, 6) is 0.113. The summed E-state index contributed by atoms with van der Waals surface area (Å²) in [4.78, 5) is 27.1. The highest BCUT2D eigenvalue weighted by molar-refractivity contribution is 6.05. The van der Waals surface area contributed by atoms with Crippen LogP contribution < -0.4 is 10.4 Å². The molecule has 0 aliphatic carbocycles. The van der Waals surface area contributed by atoms with Gasteiger partial charge < -0.3 is 19.4 Å². The van der Waals surface area contributed by atoms with Crippen molar-refractivity contribution in [1.82, 2.24) is 24.4 Å². The topological polar surface area (TPSA) is 85.3 Å². The predicted molar refractivity (Wildman–Crippen MR) is 138 cm³/mol. The van der Waals surface area contributed by atoms with Crippen LogP contribution in [-0.2, 0) is 17.2 Å². The number of nitrogens with zero attached hydrogens (tertiary/aromatic N) is 4. The van der Waals surface area contributed by atoms with E-state index in [0.717, 1.165) is 37.0 Å². The molecule has 1 fully saturated rings. The summed E-state index contributed by atoms with van der Waals surface area (Å²) < 4.78 is 28.3. The first kappa shape index (κ1) is 24.4. The Labute approximate surface area is 209 Å². The molecule has 0 amide bonds. The lowest BCUT2D eigenvalue weighted by atomic mass is 9.78. The molecule has 36 heavy (non-hydrogen) atoms. The van der Waals surface area contributed by atoms with Crippen molar-refractivity contribution >= 4 is 21.9 Å². The molecule has 0 spiro atoms. The molecule has 0 unspecified atom stereocenters. The lowest BCUT2D eigenvalue weighted by Gasteiger charge is -2.33. The van der Waals surface area contributed by atoms with Gasteiger partial charge in [-0.05, 0) is 45.5 Å². The smallest absolute Gasteiger partial charge is 0.326 e. The van der Waals surface area contributed by atoms with Crippen molar-refractivity contribution < 1.29 is 13.9 Å². The Kier molecular flexibility index (Phi) is 6.53. The number of pyridine rings is 2. The van der Waals surface area contributed by atoms with E-state index in [1.54, 1.807) is 36.0 Å². The van der Waals surface area contributed by atoms with Gasteiger partial charge in [0.1, 0.15) is 5.82 Å². The van der Waals surface area contributed by atoms with Crippen LogP contribution in [0.4, 0.5) is 4.39 Å². The van der Waals surface area contributed by atoms with Crippen LogP contribution in [0.2, 0.25) is 0 Å². The third-order valence-corrected chi connectivity index (χ3v) is 7.14. The molecule has 1 saturated heterocycles. The number of hydrogen-bond donors (Lipinski definition) is 1. The number of rotatable bonds is 7. The van der Waals surface area contributed by atoms with E-state index in [0.29, 0.717) is 53.2 Å². The fourth-order valence-corrected chi connectivity index (χ4v) is 4.90. The number of H-pyrrole nitrogens is 1. The minimum atomic E-state index is -0.392. The third-order valence-electron chi connectivity index (χ3n) is 7.14. The zero-order valence-corrected chi connectivity index (χ0v) is 21.2. The second-order valence-electron chi connectivity index (χ2n) is 10.1. The van der Waals surface area contributed by atoms with Crippen LogP contribution in [0.15, 0.2) is 35.3 Å². The molecule has 1 N–H and O–H groups in total. The quantitative estimate of drug-likeness (QED) is 0.392. The summed E-state index contributed by atoms with van der Waals surface area (Å²) in [6.07, 6.45) is 4.08. The maximum atomic E-state index is 15.4. The van der Waals surface area contributed by atoms with Crippen molar-refractivity contribution in [3.8, 4) is 17.0 Å². The molecule has 1 aromatic carbocycles. The van der Waals surface area contributed by atoms with Gasteiger partial charge in [-0.1, -0.05) is 6.92 Å². The molecule has 4 heterocycles. The van der Waals surface area contributed by atoms with Crippen molar-refractivity contribution in [3.05, 3.63) is 52.5 Å². The van der Waals surface area contributed by atoms with Crippen molar-refractivity contribution in [1.29, 1.82) is 0 Å². The standard InChI is InChI=1S/C27H32FN5O3/c1-27(8-12-35-13-9-27)25-24-23(31-26(34)33(24)4)19-14-18(20(28)15-21(19)30-25)17-6-7-22(29-16-17)36-11-5-10-32(2)3/h6-7,14-16H,5,8-13H2,1-4H3,(H,31,34). The van der Waals surface area contributed by atoms with Gasteiger partial charge in [-0.2, -0.15) is 0 Å². The molecular formula is C27H32FN5O3. The van der Waals surface area contributed by atoms with Gasteiger partial charge >= 0.3 is 5.69 Å². The second kappa shape index (κ2) is 9.63. The number of hydrogen-bond acceptors (Lipinski definition) is 6. The van der Waals surface area contributed by atoms with E-state index in [1.165, 1.54) is 6.07 Å². The molecule has 3 aromatic heterocycles. The molecule has 1 aliphatic rings. The van der Waals surface area contributed by atoms with Crippen molar-refractivity contribution in [3.63, 3.8) is 0 Å². The Hall–Kier alpha value is -3.30. The SMILES string of the molecule is CN(C)CCCOc1ccc(-c2cc3c(cc2F)nc(C2(C)CCOCC2)c2c3[nH]c(=O)n2C)cn1. The van der Waals surface area contributed by atoms with Gasteiger partial charge in [0.2, 0.25) is 5.88 Å². The lowest BCUT2D eigenvalue weighted by molar-refractivity contribution is 0.0555. The minimum Gasteiger partial charge on any atom is -0.478 e. The Morgan fingerprint density at radius 3 is 2.72 bits per heavy atom. The Morgan fingerprint density at radius 1 is 1.25 bits per heavy atom. The van der Waals surface area contributed by atoms with Gasteiger partial charge in [0.05, 0.1) is 28.9 Å². The van der Waals surface area contributed by atoms with Gasteiger partial charge in [0.15, 0.2) is 0 Å². The van der Waals surface area contributed by atoms with E-state index in [9.17, 15) is 4.79 Å². The summed E-state index contributed by atoms with van der Waals surface area (Å²) in [5.41, 5.74) is 3.28. The number of halogens is 1. The van der Waals surface area contributed by atoms with Gasteiger partial charge in [-0.25, -0.2) is 19.2 Å². The monoisotopic (exact) mass is 493 g/mol. The van der Waals surface area contributed by atoms with Crippen LogP contribution in [0.3, 0.4) is 0 Å². The van der Waals surface area contributed by atoms with Gasteiger partial charge in [0, 0.05) is 67.1 Å². The molecule has 0 radical (unpaired) electrons. The number of fused-ring (bicyclic) bond motifs is 3. The van der Waals surface area contributed by atoms with Gasteiger partial charge in [0.25, 0.3) is 0 Å². The number of aromatic nitrogens is 4. The molecule has 0 atom stereocenters. The maximum Gasteiger partial charge on any atom is 0.326 e. The van der Waals surface area contributed by atoms with Crippen LogP contribution in [0, 0.1) is 5.82 Å². The number of ether oxygens (including phenoxy) is 2. The largest absolute Gasteiger partial charge is 0.478 e. The fourth-order valence-electron chi connectivity index (χ4n) is 4.90. The van der Waals surface area contributed by atoms with Crippen LogP contribution in [-0.4, -0.2) is 64.9 Å². The highest BCUT2D eigenvalue weighted by Gasteiger charge is 2.34. The molecule has 5 rings (SSSR count). The summed E-state index contributed by atoms with van der Waals surface area (Å²) in [6.45, 7) is 4.89. The number of aromatic amines is 1. The Bertz CT molecular complexity index is 1450. The first-order chi connectivity index (χ1) is 17.3. The third kappa shape index (κ3) is 4.49. The molecular weight excluding hydrogens is 461 g/mol. The average Bonchev–Trinajstić information content (AvgIpc) is 3.16. The minimum absolute atomic E-state index is 0.223. The summed E-state index contributed by atoms with van der Waals surface area (Å²) in [6, 6.07) is 6.75. The molecule has 4 aromatic rings. The lowest BCUT2D eigenvalue weighted by Crippen LogP contribution is -2.32. The molecule has 190 valence electrons. The normalized spacial score (nSPS) is 15.7. The highest BCUT2D eigenvalue weighted by atomic mass is 19.1. The zero-order valence-electron chi connectivity index (χ0n) is 21.2. The Morgan fingerprint density at radius 2 is 2.03 bits per heavy atom. The van der Waals surface area contributed by atoms with E-state index < -0.39 is 5.82 Å². The van der Waals surface area contributed by atoms with E-state index in [2.05, 4.69) is 21.8 Å². The van der Waals surface area contributed by atoms with E-state index in [1.807, 2.05) is 14.1 Å². The number of nitrogens with one attached hydrogen (secondary N) is 1. The first-order valence-electron chi connectivity index (χ1n) is 12.3. The second-order valence-corrected chi connectivity index (χ2v) is 10.1. The molecule has 1 aliphatic heterocycles. The predicted octanol–water partition coefficient (Wildman–Crippen LogP) is 4.01. The number of aryl methyl sites for hydroxylation is 1. The molecule has 0 saturated carbocycles. The van der Waals surface area contributed by atoms with Crippen LogP contribution in [0.5, 0.6) is 5.88 Å². The van der Waals surface area contributed by atoms with Gasteiger partial charge in [-0.3, -0.25) is 4.57 Å². The van der Waals surface area contributed by atoms with E-state index in [4.69, 9.17) is 14.5 Å². The fraction of sp³-hybridized carbons (Fsp3) is 0.444. The van der Waals surface area contributed by atoms with E-state index >= 15 is 4.39 Å². The molecule has 0 bridgehead atoms. The van der Waals surface area contributed by atoms with Gasteiger partial charge in [-0.15, -0.1) is 0 Å². The van der Waals surface area contributed by atoms with Crippen molar-refractivity contribution in [2.75, 3.05) is 40.5 Å². The van der Waals surface area contributed by atoms with Crippen LogP contribution >= 0.6 is 0 Å². The summed E-state index contributed by atoms with van der Waals surface area (Å²) in [7, 11) is 5.78. The first-order valence-corrected chi connectivity index (χ1v) is 12.3. The summed E-state index contributed by atoms with van der Waals surface area (Å²) in [5, 5.41) is 0.697. The van der Waals surface area contributed by atoms with Crippen LogP contribution in [0.1, 0.15) is 31.9 Å². The number of imidazole rings is 1. The van der Waals surface area contributed by atoms with E-state index in [-0.39, 0.29) is 11.1 Å².